The maximum atomic E-state index is 12.4. The number of aromatic nitrogens is 2. The molecule has 9 heteroatoms. The van der Waals surface area contributed by atoms with Crippen LogP contribution in [0.15, 0.2) is 42.7 Å². The van der Waals surface area contributed by atoms with Crippen molar-refractivity contribution in [3.05, 3.63) is 48.3 Å². The van der Waals surface area contributed by atoms with Crippen LogP contribution in [0.2, 0.25) is 0 Å². The number of anilines is 2. The Morgan fingerprint density at radius 2 is 2.00 bits per heavy atom. The number of nitrogens with zero attached hydrogens (tertiary/aromatic N) is 2. The van der Waals surface area contributed by atoms with Crippen molar-refractivity contribution in [3.63, 3.8) is 0 Å². The first kappa shape index (κ1) is 17.5. The molecule has 0 bridgehead atoms. The molecular weight excluding hydrogens is 364 g/mol. The van der Waals surface area contributed by atoms with Gasteiger partial charge in [-0.2, -0.15) is 0 Å². The van der Waals surface area contributed by atoms with Gasteiger partial charge in [-0.05, 0) is 31.2 Å². The van der Waals surface area contributed by atoms with Crippen molar-refractivity contribution in [2.75, 3.05) is 24.0 Å². The van der Waals surface area contributed by atoms with E-state index in [1.807, 2.05) is 0 Å². The standard InChI is InChI=1S/C19H16N4O5/c1-2-26-18(24)13-6-11-7-15-16(28-10-27-15)8-14(11)22-17(13)23-19(25)21-12-4-3-5-20-9-12/h3-9H,2,10H2,1H3,(H2,21,22,23,25). The van der Waals surface area contributed by atoms with E-state index < -0.39 is 12.0 Å². The van der Waals surface area contributed by atoms with Crippen LogP contribution in [0.4, 0.5) is 16.3 Å². The van der Waals surface area contributed by atoms with Crippen LogP contribution in [0.1, 0.15) is 17.3 Å². The van der Waals surface area contributed by atoms with Gasteiger partial charge in [0.2, 0.25) is 6.79 Å². The Kier molecular flexibility index (Phi) is 4.63. The lowest BCUT2D eigenvalue weighted by molar-refractivity contribution is 0.0527. The molecule has 0 atom stereocenters. The van der Waals surface area contributed by atoms with Crippen LogP contribution in [0.5, 0.6) is 11.5 Å². The summed E-state index contributed by atoms with van der Waals surface area (Å²) in [5.41, 5.74) is 1.17. The zero-order valence-electron chi connectivity index (χ0n) is 14.9. The summed E-state index contributed by atoms with van der Waals surface area (Å²) in [5.74, 6) is 0.603. The van der Waals surface area contributed by atoms with Gasteiger partial charge in [-0.1, -0.05) is 0 Å². The summed E-state index contributed by atoms with van der Waals surface area (Å²) in [5, 5.41) is 5.88. The van der Waals surface area contributed by atoms with E-state index in [1.165, 1.54) is 6.20 Å². The summed E-state index contributed by atoms with van der Waals surface area (Å²) < 4.78 is 15.8. The number of amides is 2. The minimum Gasteiger partial charge on any atom is -0.462 e. The van der Waals surface area contributed by atoms with Crippen molar-refractivity contribution in [3.8, 4) is 11.5 Å². The zero-order chi connectivity index (χ0) is 19.5. The Bertz CT molecular complexity index is 1060. The number of hydrogen-bond donors (Lipinski definition) is 2. The molecule has 3 aromatic rings. The largest absolute Gasteiger partial charge is 0.462 e. The number of fused-ring (bicyclic) bond motifs is 2. The van der Waals surface area contributed by atoms with E-state index in [9.17, 15) is 9.59 Å². The third-order valence-electron chi connectivity index (χ3n) is 3.96. The third kappa shape index (κ3) is 3.50. The normalized spacial score (nSPS) is 11.9. The second-order valence-electron chi connectivity index (χ2n) is 5.82. The lowest BCUT2D eigenvalue weighted by Gasteiger charge is -2.12. The average Bonchev–Trinajstić information content (AvgIpc) is 3.13. The zero-order valence-corrected chi connectivity index (χ0v) is 14.9. The van der Waals surface area contributed by atoms with E-state index >= 15 is 0 Å². The number of carbonyl (C=O) groups excluding carboxylic acids is 2. The summed E-state index contributed by atoms with van der Waals surface area (Å²) in [6, 6.07) is 7.83. The molecule has 1 aliphatic heterocycles. The molecule has 0 radical (unpaired) electrons. The van der Waals surface area contributed by atoms with E-state index in [0.29, 0.717) is 28.1 Å². The van der Waals surface area contributed by atoms with E-state index in [0.717, 1.165) is 0 Å². The lowest BCUT2D eigenvalue weighted by Crippen LogP contribution is -2.22. The van der Waals surface area contributed by atoms with Crippen LogP contribution in [0, 0.1) is 0 Å². The highest BCUT2D eigenvalue weighted by atomic mass is 16.7. The molecule has 28 heavy (non-hydrogen) atoms. The molecule has 3 heterocycles. The number of ether oxygens (including phenoxy) is 3. The fraction of sp³-hybridized carbons (Fsp3) is 0.158. The number of hydrogen-bond acceptors (Lipinski definition) is 7. The summed E-state index contributed by atoms with van der Waals surface area (Å²) in [7, 11) is 0. The smallest absolute Gasteiger partial charge is 0.341 e. The Labute approximate surface area is 159 Å². The summed E-state index contributed by atoms with van der Waals surface area (Å²) in [6.07, 6.45) is 3.09. The van der Waals surface area contributed by atoms with Gasteiger partial charge >= 0.3 is 12.0 Å². The highest BCUT2D eigenvalue weighted by Crippen LogP contribution is 2.36. The molecule has 2 N–H and O–H groups in total. The van der Waals surface area contributed by atoms with Crippen molar-refractivity contribution >= 4 is 34.4 Å². The van der Waals surface area contributed by atoms with Gasteiger partial charge in [-0.3, -0.25) is 10.3 Å². The fourth-order valence-electron chi connectivity index (χ4n) is 2.73. The fourth-order valence-corrected chi connectivity index (χ4v) is 2.73. The van der Waals surface area contributed by atoms with Crippen molar-refractivity contribution in [2.24, 2.45) is 0 Å². The number of nitrogens with one attached hydrogen (secondary N) is 2. The Balaban J connectivity index is 1.69. The van der Waals surface area contributed by atoms with Gasteiger partial charge in [0.1, 0.15) is 11.4 Å². The summed E-state index contributed by atoms with van der Waals surface area (Å²) >= 11 is 0. The predicted molar refractivity (Wildman–Crippen MR) is 101 cm³/mol. The number of rotatable bonds is 4. The molecule has 9 nitrogen and oxygen atoms in total. The number of benzene rings is 1. The highest BCUT2D eigenvalue weighted by Gasteiger charge is 2.21. The molecule has 2 amide bonds. The monoisotopic (exact) mass is 380 g/mol. The third-order valence-corrected chi connectivity index (χ3v) is 3.96. The van der Waals surface area contributed by atoms with Crippen LogP contribution in [0.25, 0.3) is 10.9 Å². The first-order chi connectivity index (χ1) is 13.6. The molecule has 0 fully saturated rings. The molecule has 0 unspecified atom stereocenters. The Hall–Kier alpha value is -3.88. The number of urea groups is 1. The minimum atomic E-state index is -0.591. The van der Waals surface area contributed by atoms with Crippen LogP contribution in [-0.4, -0.2) is 35.4 Å². The number of esters is 1. The van der Waals surface area contributed by atoms with Crippen molar-refractivity contribution in [2.45, 2.75) is 6.92 Å². The highest BCUT2D eigenvalue weighted by molar-refractivity contribution is 6.06. The average molecular weight is 380 g/mol. The predicted octanol–water partition coefficient (Wildman–Crippen LogP) is 3.18. The molecule has 4 rings (SSSR count). The van der Waals surface area contributed by atoms with E-state index in [4.69, 9.17) is 14.2 Å². The molecule has 1 aliphatic rings. The maximum absolute atomic E-state index is 12.4. The van der Waals surface area contributed by atoms with Gasteiger partial charge < -0.3 is 19.5 Å². The van der Waals surface area contributed by atoms with Gasteiger partial charge in [0.25, 0.3) is 0 Å². The van der Waals surface area contributed by atoms with Crippen molar-refractivity contribution in [1.82, 2.24) is 9.97 Å². The summed E-state index contributed by atoms with van der Waals surface area (Å²) in [6.45, 7) is 2.01. The SMILES string of the molecule is CCOC(=O)c1cc2cc3c(cc2nc1NC(=O)Nc1cccnc1)OCO3. The van der Waals surface area contributed by atoms with E-state index in [-0.39, 0.29) is 24.8 Å². The van der Waals surface area contributed by atoms with Crippen LogP contribution in [-0.2, 0) is 4.74 Å². The topological polar surface area (TPSA) is 112 Å². The second kappa shape index (κ2) is 7.39. The first-order valence-corrected chi connectivity index (χ1v) is 8.53. The maximum Gasteiger partial charge on any atom is 0.341 e. The quantitative estimate of drug-likeness (QED) is 0.669. The molecule has 1 aromatic carbocycles. The molecule has 0 saturated carbocycles. The number of pyridine rings is 2. The molecule has 0 aliphatic carbocycles. The van der Waals surface area contributed by atoms with E-state index in [2.05, 4.69) is 20.6 Å². The molecule has 142 valence electrons. The van der Waals surface area contributed by atoms with Crippen molar-refractivity contribution in [1.29, 1.82) is 0 Å². The Morgan fingerprint density at radius 1 is 1.18 bits per heavy atom. The molecule has 2 aromatic heterocycles. The van der Waals surface area contributed by atoms with Gasteiger partial charge in [-0.15, -0.1) is 0 Å². The second-order valence-corrected chi connectivity index (χ2v) is 5.82. The van der Waals surface area contributed by atoms with Gasteiger partial charge in [-0.25, -0.2) is 14.6 Å². The Morgan fingerprint density at radius 3 is 2.75 bits per heavy atom. The summed E-state index contributed by atoms with van der Waals surface area (Å²) in [4.78, 5) is 33.1. The lowest BCUT2D eigenvalue weighted by atomic mass is 10.1. The first-order valence-electron chi connectivity index (χ1n) is 8.53. The van der Waals surface area contributed by atoms with Gasteiger partial charge in [0.05, 0.1) is 24.0 Å². The minimum absolute atomic E-state index is 0.0752. The number of carbonyl (C=O) groups is 2. The van der Waals surface area contributed by atoms with Gasteiger partial charge in [0, 0.05) is 17.6 Å². The van der Waals surface area contributed by atoms with E-state index in [1.54, 1.807) is 43.5 Å². The molecule has 0 saturated heterocycles. The van der Waals surface area contributed by atoms with Crippen LogP contribution in [0.3, 0.4) is 0 Å². The van der Waals surface area contributed by atoms with Crippen LogP contribution < -0.4 is 20.1 Å². The molecule has 0 spiro atoms. The van der Waals surface area contributed by atoms with Crippen molar-refractivity contribution < 1.29 is 23.8 Å². The van der Waals surface area contributed by atoms with Crippen LogP contribution >= 0.6 is 0 Å². The molecular formula is C19H16N4O5. The van der Waals surface area contributed by atoms with Gasteiger partial charge in [0.15, 0.2) is 11.5 Å².